The molecule has 1 N–H and O–H groups in total. The Bertz CT molecular complexity index is 1230. The lowest BCUT2D eigenvalue weighted by atomic mass is 9.98. The van der Waals surface area contributed by atoms with Gasteiger partial charge in [-0.25, -0.2) is 21.1 Å². The van der Waals surface area contributed by atoms with Gasteiger partial charge in [0.1, 0.15) is 0 Å². The number of rotatable bonds is 7. The molecule has 11 heteroatoms. The maximum Gasteiger partial charge on any atom is 0.224 e. The minimum atomic E-state index is -3.67. The van der Waals surface area contributed by atoms with E-state index >= 15 is 0 Å². The number of amides is 1. The molecule has 0 spiro atoms. The lowest BCUT2D eigenvalue weighted by molar-refractivity contribution is -0.126. The van der Waals surface area contributed by atoms with Gasteiger partial charge in [-0.15, -0.1) is 0 Å². The number of piperidine rings is 1. The quantitative estimate of drug-likeness (QED) is 0.584. The first-order valence-electron chi connectivity index (χ1n) is 10.4. The fraction of sp³-hybridized carbons (Fsp3) is 0.409. The maximum absolute atomic E-state index is 13.0. The highest BCUT2D eigenvalue weighted by molar-refractivity contribution is 7.90. The molecule has 0 unspecified atom stereocenters. The molecule has 33 heavy (non-hydrogen) atoms. The molecule has 1 heterocycles. The monoisotopic (exact) mass is 532 g/mol. The van der Waals surface area contributed by atoms with E-state index in [0.717, 1.165) is 11.8 Å². The van der Waals surface area contributed by atoms with Gasteiger partial charge in [-0.05, 0) is 55.2 Å². The van der Waals surface area contributed by atoms with E-state index in [9.17, 15) is 21.6 Å². The van der Waals surface area contributed by atoms with E-state index in [1.807, 2.05) is 0 Å². The van der Waals surface area contributed by atoms with Crippen LogP contribution in [0.2, 0.25) is 10.0 Å². The first-order valence-corrected chi connectivity index (χ1v) is 14.6. The molecule has 7 nitrogen and oxygen atoms in total. The topological polar surface area (TPSA) is 101 Å². The van der Waals surface area contributed by atoms with Gasteiger partial charge in [0.25, 0.3) is 0 Å². The smallest absolute Gasteiger partial charge is 0.224 e. The summed E-state index contributed by atoms with van der Waals surface area (Å²) in [6, 6.07) is 10.7. The highest BCUT2D eigenvalue weighted by atomic mass is 35.5. The second-order valence-electron chi connectivity index (χ2n) is 8.26. The Hall–Kier alpha value is -1.65. The summed E-state index contributed by atoms with van der Waals surface area (Å²) in [5.41, 5.74) is 1.22. The molecule has 1 saturated heterocycles. The number of hydrogen-bond donors (Lipinski definition) is 1. The van der Waals surface area contributed by atoms with Crippen molar-refractivity contribution in [1.82, 2.24) is 9.62 Å². The summed E-state index contributed by atoms with van der Waals surface area (Å²) in [6.45, 7) is 2.24. The van der Waals surface area contributed by atoms with Crippen LogP contribution >= 0.6 is 23.2 Å². The third kappa shape index (κ3) is 6.70. The number of hydrogen-bond acceptors (Lipinski definition) is 5. The Balaban J connectivity index is 1.64. The zero-order valence-electron chi connectivity index (χ0n) is 18.3. The summed E-state index contributed by atoms with van der Waals surface area (Å²) in [4.78, 5) is 13.1. The molecule has 0 bridgehead atoms. The molecule has 0 radical (unpaired) electrons. The molecule has 0 aliphatic carbocycles. The van der Waals surface area contributed by atoms with Gasteiger partial charge in [0, 0.05) is 29.4 Å². The summed E-state index contributed by atoms with van der Waals surface area (Å²) >= 11 is 12.0. The van der Waals surface area contributed by atoms with Crippen molar-refractivity contribution in [2.45, 2.75) is 36.5 Å². The number of carbonyl (C=O) groups excluding carboxylic acids is 1. The van der Waals surface area contributed by atoms with Crippen molar-refractivity contribution in [2.75, 3.05) is 19.3 Å². The van der Waals surface area contributed by atoms with Crippen LogP contribution in [0.15, 0.2) is 47.4 Å². The molecule has 2 aromatic rings. The Morgan fingerprint density at radius 1 is 1.12 bits per heavy atom. The number of nitrogens with one attached hydrogen (secondary N) is 1. The highest BCUT2D eigenvalue weighted by Crippen LogP contribution is 2.27. The van der Waals surface area contributed by atoms with E-state index < -0.39 is 25.8 Å². The summed E-state index contributed by atoms with van der Waals surface area (Å²) in [5, 5.41) is 3.63. The third-order valence-corrected chi connectivity index (χ3v) is 9.18. The van der Waals surface area contributed by atoms with Crippen LogP contribution in [0, 0.1) is 5.92 Å². The van der Waals surface area contributed by atoms with E-state index in [1.165, 1.54) is 22.5 Å². The van der Waals surface area contributed by atoms with Crippen molar-refractivity contribution in [1.29, 1.82) is 0 Å². The summed E-state index contributed by atoms with van der Waals surface area (Å²) in [5.74, 6) is -0.980. The maximum atomic E-state index is 13.0. The SMILES string of the molecule is C[C@@H](NC(=O)[C@H]1CCCN(S(=O)(=O)Cc2ccc(Cl)cc2Cl)C1)c1ccc(S(C)(=O)=O)cc1. The van der Waals surface area contributed by atoms with Crippen LogP contribution in [0.25, 0.3) is 0 Å². The van der Waals surface area contributed by atoms with E-state index in [-0.39, 0.29) is 34.2 Å². The molecular weight excluding hydrogens is 507 g/mol. The fourth-order valence-electron chi connectivity index (χ4n) is 3.75. The van der Waals surface area contributed by atoms with Gasteiger partial charge < -0.3 is 5.32 Å². The lowest BCUT2D eigenvalue weighted by Gasteiger charge is -2.32. The first kappa shape index (κ1) is 26.0. The number of benzene rings is 2. The predicted molar refractivity (Wildman–Crippen MR) is 129 cm³/mol. The standard InChI is InChI=1S/C22H26Cl2N2O5S2/c1-15(16-6-9-20(10-7-16)32(2,28)29)25-22(27)17-4-3-11-26(13-17)33(30,31)14-18-5-8-19(23)12-21(18)24/h5-10,12,15,17H,3-4,11,13-14H2,1-2H3,(H,25,27)/t15-,17+/m1/s1. The Labute approximate surface area is 205 Å². The van der Waals surface area contributed by atoms with Crippen LogP contribution in [-0.4, -0.2) is 46.4 Å². The Kier molecular flexibility index (Phi) is 8.11. The summed E-state index contributed by atoms with van der Waals surface area (Å²) < 4.78 is 50.5. The molecule has 180 valence electrons. The van der Waals surface area contributed by atoms with E-state index in [2.05, 4.69) is 5.32 Å². The second-order valence-corrected chi connectivity index (χ2v) is 13.1. The second kappa shape index (κ2) is 10.3. The minimum Gasteiger partial charge on any atom is -0.349 e. The zero-order chi connectivity index (χ0) is 24.4. The van der Waals surface area contributed by atoms with Crippen molar-refractivity contribution in [3.63, 3.8) is 0 Å². The van der Waals surface area contributed by atoms with Crippen LogP contribution in [0.4, 0.5) is 0 Å². The van der Waals surface area contributed by atoms with Crippen molar-refractivity contribution in [3.8, 4) is 0 Å². The summed E-state index contributed by atoms with van der Waals surface area (Å²) in [6.07, 6.45) is 2.29. The lowest BCUT2D eigenvalue weighted by Crippen LogP contribution is -2.46. The van der Waals surface area contributed by atoms with Crippen LogP contribution in [-0.2, 0) is 30.4 Å². The molecule has 3 rings (SSSR count). The van der Waals surface area contributed by atoms with Gasteiger partial charge in [0.15, 0.2) is 9.84 Å². The van der Waals surface area contributed by atoms with Gasteiger partial charge in [0.05, 0.1) is 22.6 Å². The van der Waals surface area contributed by atoms with Gasteiger partial charge in [-0.2, -0.15) is 0 Å². The van der Waals surface area contributed by atoms with E-state index in [1.54, 1.807) is 31.2 Å². The van der Waals surface area contributed by atoms with Crippen molar-refractivity contribution in [2.24, 2.45) is 5.92 Å². The highest BCUT2D eigenvalue weighted by Gasteiger charge is 2.33. The number of sulfonamides is 1. The Morgan fingerprint density at radius 3 is 2.39 bits per heavy atom. The molecule has 2 aromatic carbocycles. The van der Waals surface area contributed by atoms with E-state index in [0.29, 0.717) is 30.0 Å². The van der Waals surface area contributed by atoms with Crippen molar-refractivity contribution < 1.29 is 21.6 Å². The number of nitrogens with zero attached hydrogens (tertiary/aromatic N) is 1. The molecule has 1 fully saturated rings. The molecule has 1 aliphatic rings. The number of carbonyl (C=O) groups is 1. The number of sulfone groups is 1. The van der Waals surface area contributed by atoms with E-state index in [4.69, 9.17) is 23.2 Å². The zero-order valence-corrected chi connectivity index (χ0v) is 21.4. The van der Waals surface area contributed by atoms with Crippen LogP contribution in [0.5, 0.6) is 0 Å². The van der Waals surface area contributed by atoms with Gasteiger partial charge in [0.2, 0.25) is 15.9 Å². The first-order chi connectivity index (χ1) is 15.4. The van der Waals surface area contributed by atoms with Gasteiger partial charge >= 0.3 is 0 Å². The molecule has 1 aliphatic heterocycles. The van der Waals surface area contributed by atoms with Crippen LogP contribution in [0.3, 0.4) is 0 Å². The van der Waals surface area contributed by atoms with Crippen LogP contribution in [0.1, 0.15) is 36.9 Å². The van der Waals surface area contributed by atoms with Gasteiger partial charge in [-0.3, -0.25) is 4.79 Å². The average Bonchev–Trinajstić information content (AvgIpc) is 2.75. The predicted octanol–water partition coefficient (Wildman–Crippen LogP) is 3.82. The summed E-state index contributed by atoms with van der Waals surface area (Å²) in [7, 11) is -6.97. The molecule has 1 amide bonds. The fourth-order valence-corrected chi connectivity index (χ4v) is 6.58. The Morgan fingerprint density at radius 2 is 1.79 bits per heavy atom. The molecule has 0 saturated carbocycles. The minimum absolute atomic E-state index is 0.0963. The van der Waals surface area contributed by atoms with Crippen molar-refractivity contribution in [3.05, 3.63) is 63.6 Å². The van der Waals surface area contributed by atoms with Crippen molar-refractivity contribution >= 4 is 49.0 Å². The largest absolute Gasteiger partial charge is 0.349 e. The molecule has 0 aromatic heterocycles. The molecule has 2 atom stereocenters. The van der Waals surface area contributed by atoms with Crippen LogP contribution < -0.4 is 5.32 Å². The number of halogens is 2. The molecular formula is C22H26Cl2N2O5S2. The average molecular weight is 533 g/mol. The van der Waals surface area contributed by atoms with Gasteiger partial charge in [-0.1, -0.05) is 41.4 Å². The third-order valence-electron chi connectivity index (χ3n) is 5.67. The normalized spacial score (nSPS) is 18.6.